The topological polar surface area (TPSA) is 133 Å². The van der Waals surface area contributed by atoms with Gasteiger partial charge < -0.3 is 10.4 Å². The molecule has 3 unspecified atom stereocenters. The molecule has 3 N–H and O–H groups in total. The lowest BCUT2D eigenvalue weighted by Gasteiger charge is -2.28. The number of rotatable bonds is 5. The average Bonchev–Trinajstić information content (AvgIpc) is 2.86. The van der Waals surface area contributed by atoms with Gasteiger partial charge in [0.1, 0.15) is 6.04 Å². The van der Waals surface area contributed by atoms with E-state index in [9.17, 15) is 24.0 Å². The zero-order chi connectivity index (χ0) is 19.9. The van der Waals surface area contributed by atoms with Gasteiger partial charge in [0.15, 0.2) is 0 Å². The molecule has 3 rings (SSSR count). The number of carbonyl (C=O) groups excluding carboxylic acids is 4. The van der Waals surface area contributed by atoms with Crippen molar-refractivity contribution in [3.05, 3.63) is 29.3 Å². The van der Waals surface area contributed by atoms with Crippen molar-refractivity contribution in [3.63, 3.8) is 0 Å². The van der Waals surface area contributed by atoms with Crippen LogP contribution in [-0.2, 0) is 14.4 Å². The molecule has 0 spiro atoms. The highest BCUT2D eigenvalue weighted by molar-refractivity contribution is 6.25. The van der Waals surface area contributed by atoms with Crippen molar-refractivity contribution >= 4 is 35.3 Å². The fourth-order valence-corrected chi connectivity index (χ4v) is 3.22. The summed E-state index contributed by atoms with van der Waals surface area (Å²) in [7, 11) is 0. The maximum absolute atomic E-state index is 12.9. The molecule has 0 bridgehead atoms. The second-order valence-corrected chi connectivity index (χ2v) is 6.74. The van der Waals surface area contributed by atoms with Crippen molar-refractivity contribution in [3.8, 4) is 0 Å². The summed E-state index contributed by atoms with van der Waals surface area (Å²) in [4.78, 5) is 61.1. The number of hydrogen-bond acceptors (Lipinski definition) is 6. The quantitative estimate of drug-likeness (QED) is 0.644. The molecule has 1 saturated heterocycles. The fraction of sp³-hybridized carbons (Fsp3) is 0.389. The van der Waals surface area contributed by atoms with E-state index in [-0.39, 0.29) is 24.0 Å². The summed E-state index contributed by atoms with van der Waals surface area (Å²) < 4.78 is 0. The first-order valence-corrected chi connectivity index (χ1v) is 8.56. The molecule has 142 valence electrons. The predicted octanol–water partition coefficient (Wildman–Crippen LogP) is 0.609. The van der Waals surface area contributed by atoms with Gasteiger partial charge >= 0.3 is 5.97 Å². The Morgan fingerprint density at radius 2 is 1.93 bits per heavy atom. The summed E-state index contributed by atoms with van der Waals surface area (Å²) in [6, 6.07) is 3.11. The Balaban J connectivity index is 1.91. The highest BCUT2D eigenvalue weighted by Gasteiger charge is 2.45. The second kappa shape index (κ2) is 6.82. The molecule has 3 atom stereocenters. The van der Waals surface area contributed by atoms with Crippen molar-refractivity contribution in [2.75, 3.05) is 5.32 Å². The van der Waals surface area contributed by atoms with Crippen LogP contribution in [0.1, 0.15) is 47.4 Å². The molecule has 0 aliphatic carbocycles. The fourth-order valence-electron chi connectivity index (χ4n) is 3.22. The molecule has 27 heavy (non-hydrogen) atoms. The van der Waals surface area contributed by atoms with Crippen LogP contribution in [-0.4, -0.2) is 51.7 Å². The lowest BCUT2D eigenvalue weighted by Crippen LogP contribution is -2.54. The van der Waals surface area contributed by atoms with E-state index in [1.165, 1.54) is 13.0 Å². The van der Waals surface area contributed by atoms with Crippen LogP contribution in [0.15, 0.2) is 18.2 Å². The van der Waals surface area contributed by atoms with E-state index in [1.807, 2.05) is 0 Å². The van der Waals surface area contributed by atoms with Crippen LogP contribution in [0.4, 0.5) is 5.69 Å². The molecule has 9 heteroatoms. The summed E-state index contributed by atoms with van der Waals surface area (Å²) in [5.41, 5.74) is 0.586. The first-order valence-electron chi connectivity index (χ1n) is 8.56. The number of carbonyl (C=O) groups is 5. The largest absolute Gasteiger partial charge is 0.481 e. The minimum absolute atomic E-state index is 0.0437. The summed E-state index contributed by atoms with van der Waals surface area (Å²) in [5.74, 6) is -4.07. The van der Waals surface area contributed by atoms with Gasteiger partial charge in [-0.2, -0.15) is 0 Å². The molecule has 2 aliphatic rings. The van der Waals surface area contributed by atoms with Gasteiger partial charge in [-0.3, -0.25) is 34.2 Å². The van der Waals surface area contributed by atoms with Crippen LogP contribution in [0.25, 0.3) is 0 Å². The molecule has 0 aromatic heterocycles. The predicted molar refractivity (Wildman–Crippen MR) is 93.0 cm³/mol. The van der Waals surface area contributed by atoms with Gasteiger partial charge in [0.2, 0.25) is 11.8 Å². The number of nitrogens with one attached hydrogen (secondary N) is 2. The zero-order valence-electron chi connectivity index (χ0n) is 14.8. The van der Waals surface area contributed by atoms with Crippen molar-refractivity contribution in [1.29, 1.82) is 0 Å². The number of nitrogens with zero attached hydrogens (tertiary/aromatic N) is 1. The van der Waals surface area contributed by atoms with E-state index in [2.05, 4.69) is 10.6 Å². The van der Waals surface area contributed by atoms with Crippen LogP contribution >= 0.6 is 0 Å². The van der Waals surface area contributed by atoms with E-state index in [0.717, 1.165) is 4.90 Å². The third-order valence-corrected chi connectivity index (χ3v) is 4.99. The molecular weight excluding hydrogens is 354 g/mol. The number of fused-ring (bicyclic) bond motifs is 1. The molecule has 9 nitrogen and oxygen atoms in total. The minimum atomic E-state index is -1.04. The Morgan fingerprint density at radius 1 is 1.22 bits per heavy atom. The lowest BCUT2D eigenvalue weighted by molar-refractivity contribution is -0.141. The number of carboxylic acids is 1. The van der Waals surface area contributed by atoms with Crippen LogP contribution < -0.4 is 10.6 Å². The van der Waals surface area contributed by atoms with Gasteiger partial charge in [-0.25, -0.2) is 0 Å². The smallest absolute Gasteiger partial charge is 0.308 e. The Hall–Kier alpha value is -3.23. The summed E-state index contributed by atoms with van der Waals surface area (Å²) in [6.45, 7) is 3.20. The summed E-state index contributed by atoms with van der Waals surface area (Å²) in [5, 5.41) is 14.3. The second-order valence-electron chi connectivity index (χ2n) is 6.74. The lowest BCUT2D eigenvalue weighted by atomic mass is 10.0. The van der Waals surface area contributed by atoms with Gasteiger partial charge in [-0.1, -0.05) is 6.07 Å². The van der Waals surface area contributed by atoms with Crippen molar-refractivity contribution in [2.24, 2.45) is 5.92 Å². The maximum Gasteiger partial charge on any atom is 0.308 e. The van der Waals surface area contributed by atoms with Crippen molar-refractivity contribution < 1.29 is 29.1 Å². The molecule has 0 saturated carbocycles. The van der Waals surface area contributed by atoms with Gasteiger partial charge in [-0.05, 0) is 32.4 Å². The van der Waals surface area contributed by atoms with Gasteiger partial charge in [0, 0.05) is 18.2 Å². The summed E-state index contributed by atoms with van der Waals surface area (Å²) >= 11 is 0. The van der Waals surface area contributed by atoms with E-state index in [4.69, 9.17) is 5.11 Å². The molecule has 1 fully saturated rings. The van der Waals surface area contributed by atoms with E-state index in [1.54, 1.807) is 19.1 Å². The Kier molecular flexibility index (Phi) is 4.69. The summed E-state index contributed by atoms with van der Waals surface area (Å²) in [6.07, 6.45) is 0.118. The normalized spacial score (nSPS) is 21.6. The van der Waals surface area contributed by atoms with Gasteiger partial charge in [0.25, 0.3) is 11.8 Å². The van der Waals surface area contributed by atoms with E-state index >= 15 is 0 Å². The number of benzene rings is 1. The molecular formula is C18H19N3O6. The third kappa shape index (κ3) is 3.16. The number of anilines is 1. The molecule has 2 aliphatic heterocycles. The zero-order valence-corrected chi connectivity index (χ0v) is 14.8. The monoisotopic (exact) mass is 373 g/mol. The first kappa shape index (κ1) is 18.6. The molecule has 1 aromatic rings. The van der Waals surface area contributed by atoms with Crippen molar-refractivity contribution in [2.45, 2.75) is 38.8 Å². The SMILES string of the molecule is CC(Nc1cccc2c1C(=O)N(C1CCC(=O)NC1=O)C2=O)C(C)C(=O)O. The highest BCUT2D eigenvalue weighted by atomic mass is 16.4. The number of piperidine rings is 1. The minimum Gasteiger partial charge on any atom is -0.481 e. The third-order valence-electron chi connectivity index (χ3n) is 4.99. The van der Waals surface area contributed by atoms with Crippen LogP contribution in [0.3, 0.4) is 0 Å². The van der Waals surface area contributed by atoms with E-state index < -0.39 is 47.6 Å². The number of amides is 4. The molecule has 2 heterocycles. The Labute approximate surface area is 154 Å². The Morgan fingerprint density at radius 3 is 2.56 bits per heavy atom. The van der Waals surface area contributed by atoms with Crippen LogP contribution in [0.2, 0.25) is 0 Å². The molecule has 1 aromatic carbocycles. The van der Waals surface area contributed by atoms with Gasteiger partial charge in [0.05, 0.1) is 17.0 Å². The average molecular weight is 373 g/mol. The number of hydrogen-bond donors (Lipinski definition) is 3. The standard InChI is InChI=1S/C18H19N3O6/c1-8(18(26)27)9(2)19-11-5-3-4-10-14(11)17(25)21(16(10)24)12-6-7-13(22)20-15(12)23/h3-5,8-9,12,19H,6-7H2,1-2H3,(H,26,27)(H,20,22,23). The highest BCUT2D eigenvalue weighted by Crippen LogP contribution is 2.33. The number of imide groups is 2. The van der Waals surface area contributed by atoms with Crippen LogP contribution in [0.5, 0.6) is 0 Å². The van der Waals surface area contributed by atoms with Gasteiger partial charge in [-0.15, -0.1) is 0 Å². The first-order chi connectivity index (χ1) is 12.7. The number of carboxylic acid groups (broad SMARTS) is 1. The Bertz CT molecular complexity index is 865. The molecule has 0 radical (unpaired) electrons. The van der Waals surface area contributed by atoms with E-state index in [0.29, 0.717) is 5.69 Å². The molecule has 4 amide bonds. The van der Waals surface area contributed by atoms with Crippen LogP contribution in [0, 0.1) is 5.92 Å². The maximum atomic E-state index is 12.9. The number of aliphatic carboxylic acids is 1. The van der Waals surface area contributed by atoms with Crippen molar-refractivity contribution in [1.82, 2.24) is 10.2 Å².